The molecule has 6 atom stereocenters. The summed E-state index contributed by atoms with van der Waals surface area (Å²) >= 11 is 0. The first-order valence-electron chi connectivity index (χ1n) is 29.6. The molecule has 15 rings (SSSR count). The third-order valence-electron chi connectivity index (χ3n) is 15.3. The van der Waals surface area contributed by atoms with Crippen molar-refractivity contribution in [2.75, 3.05) is 54.0 Å². The molecule has 0 bridgehead atoms. The summed E-state index contributed by atoms with van der Waals surface area (Å²) in [7, 11) is 0. The van der Waals surface area contributed by atoms with Gasteiger partial charge in [0.1, 0.15) is 51.5 Å². The Bertz CT molecular complexity index is 4270. The average molecular weight is 1340 g/mol. The van der Waals surface area contributed by atoms with E-state index in [1.54, 1.807) is 57.6 Å². The van der Waals surface area contributed by atoms with Crippen molar-refractivity contribution in [2.45, 2.75) is 96.7 Å². The molecule has 0 aromatic carbocycles. The number of aromatic nitrogens is 18. The van der Waals surface area contributed by atoms with E-state index in [4.69, 9.17) is 27.8 Å². The first kappa shape index (κ1) is 64.1. The van der Waals surface area contributed by atoms with Gasteiger partial charge < -0.3 is 42.5 Å². The van der Waals surface area contributed by atoms with E-state index in [0.29, 0.717) is 126 Å². The zero-order chi connectivity index (χ0) is 67.4. The minimum absolute atomic E-state index is 0.135. The second kappa shape index (κ2) is 25.6. The SMILES string of the molecule is Cc1noc(C2CN(c3ccnc(-c4cnc5ccc(C(F)(F)F)cn45)n3)CC(C)O2)n1.Cc1noc([C@@H]2CN(c3ccnc(-c4cnc5ccc(C(F)(F)F)cn45)n3)C[C@H](C)O2)n1.Cc1noc([C@H]2CN(c3ccnc(-c4cnc5ccc(C(F)(F)F)cn45)n3)C[C@@H](C)O2)n1. The maximum atomic E-state index is 13.2. The summed E-state index contributed by atoms with van der Waals surface area (Å²) in [6.07, 6.45) is -3.02. The van der Waals surface area contributed by atoms with Crippen molar-refractivity contribution in [1.29, 1.82) is 0 Å². The first-order valence-corrected chi connectivity index (χ1v) is 29.6. The van der Waals surface area contributed by atoms with Crippen molar-refractivity contribution in [3.8, 4) is 34.6 Å². The normalized spacial score (nSPS) is 19.6. The molecule has 2 unspecified atom stereocenters. The smallest absolute Gasteiger partial charge is 0.362 e. The van der Waals surface area contributed by atoms with E-state index < -0.39 is 53.5 Å². The summed E-state index contributed by atoms with van der Waals surface area (Å²) in [5.41, 5.74) is -0.146. The van der Waals surface area contributed by atoms with Crippen LogP contribution in [0, 0.1) is 20.8 Å². The Hall–Kier alpha value is -10.6. The molecule has 0 radical (unpaired) electrons. The van der Waals surface area contributed by atoms with Crippen molar-refractivity contribution < 1.29 is 67.3 Å². The molecule has 3 aliphatic heterocycles. The van der Waals surface area contributed by atoms with Crippen molar-refractivity contribution in [2.24, 2.45) is 0 Å². The second-order valence-electron chi connectivity index (χ2n) is 22.6. The number of alkyl halides is 9. The number of halogens is 9. The van der Waals surface area contributed by atoms with E-state index in [9.17, 15) is 39.5 Å². The average Bonchev–Trinajstić information content (AvgIpc) is 1.60. The van der Waals surface area contributed by atoms with Gasteiger partial charge in [0.2, 0.25) is 0 Å². The van der Waals surface area contributed by atoms with Crippen LogP contribution in [0.15, 0.2) is 124 Å². The predicted octanol–water partition coefficient (Wildman–Crippen LogP) is 10.4. The topological polar surface area (TPSA) is 283 Å². The summed E-state index contributed by atoms with van der Waals surface area (Å²) in [5, 5.41) is 11.4. The molecule has 3 saturated heterocycles. The lowest BCUT2D eigenvalue weighted by Gasteiger charge is -2.36. The number of hydrogen-bond donors (Lipinski definition) is 0. The number of aryl methyl sites for hydroxylation is 3. The second-order valence-corrected chi connectivity index (χ2v) is 22.6. The molecule has 498 valence electrons. The number of hydrogen-bond acceptors (Lipinski definition) is 24. The Labute approximate surface area is 536 Å². The van der Waals surface area contributed by atoms with E-state index in [1.165, 1.54) is 50.0 Å². The molecule has 0 saturated carbocycles. The monoisotopic (exact) mass is 1340 g/mol. The Morgan fingerprint density at radius 3 is 0.896 bits per heavy atom. The van der Waals surface area contributed by atoms with Gasteiger partial charge in [0.15, 0.2) is 53.3 Å². The van der Waals surface area contributed by atoms with Crippen LogP contribution in [-0.4, -0.2) is 146 Å². The number of pyridine rings is 3. The molecule has 3 fully saturated rings. The molecule has 0 amide bonds. The Kier molecular flexibility index (Phi) is 17.1. The summed E-state index contributed by atoms with van der Waals surface area (Å²) in [6, 6.07) is 12.2. The van der Waals surface area contributed by atoms with Gasteiger partial charge in [-0.1, -0.05) is 15.5 Å². The van der Waals surface area contributed by atoms with Gasteiger partial charge in [-0.25, -0.2) is 44.9 Å². The molecule has 0 aliphatic carbocycles. The molecule has 36 heteroatoms. The van der Waals surface area contributed by atoms with Gasteiger partial charge in [0.05, 0.1) is 73.2 Å². The molecule has 12 aromatic rings. The highest BCUT2D eigenvalue weighted by molar-refractivity contribution is 5.62. The molecular formula is C60H54F9N21O6. The van der Waals surface area contributed by atoms with Crippen LogP contribution in [-0.2, 0) is 32.7 Å². The predicted molar refractivity (Wildman–Crippen MR) is 317 cm³/mol. The van der Waals surface area contributed by atoms with E-state index in [0.717, 1.165) is 36.8 Å². The highest BCUT2D eigenvalue weighted by Gasteiger charge is 2.37. The molecule has 27 nitrogen and oxygen atoms in total. The third-order valence-corrected chi connectivity index (χ3v) is 15.3. The number of imidazole rings is 3. The number of anilines is 3. The summed E-state index contributed by atoms with van der Waals surface area (Å²) in [5.74, 6) is 5.31. The van der Waals surface area contributed by atoms with Crippen LogP contribution in [0.25, 0.3) is 51.5 Å². The number of ether oxygens (including phenoxy) is 3. The minimum atomic E-state index is -4.47. The van der Waals surface area contributed by atoms with Crippen LogP contribution in [0.3, 0.4) is 0 Å². The van der Waals surface area contributed by atoms with Crippen molar-refractivity contribution >= 4 is 34.4 Å². The lowest BCUT2D eigenvalue weighted by Crippen LogP contribution is -2.43. The zero-order valence-corrected chi connectivity index (χ0v) is 51.3. The van der Waals surface area contributed by atoms with Crippen molar-refractivity contribution in [3.05, 3.63) is 162 Å². The van der Waals surface area contributed by atoms with Crippen LogP contribution in [0.4, 0.5) is 57.0 Å². The fourth-order valence-corrected chi connectivity index (χ4v) is 11.0. The van der Waals surface area contributed by atoms with Crippen molar-refractivity contribution in [1.82, 2.24) is 88.5 Å². The zero-order valence-electron chi connectivity index (χ0n) is 51.3. The molecule has 0 N–H and O–H groups in total. The van der Waals surface area contributed by atoms with Crippen LogP contribution < -0.4 is 14.7 Å². The van der Waals surface area contributed by atoms with Gasteiger partial charge in [0, 0.05) is 56.8 Å². The van der Waals surface area contributed by atoms with E-state index in [2.05, 4.69) is 75.3 Å². The standard InChI is InChI=1S/3C20H18F3N7O2/c3*1-11-8-29(10-15(31-11)19-26-12(2)28-32-19)17-5-6-24-18(27-17)14-7-25-16-4-3-13(9-30(14)16)20(21,22)23/h3*3-7,9,11,15H,8,10H2,1-2H3/t2*11-,15-;/m10./s1. The molecule has 0 spiro atoms. The van der Waals surface area contributed by atoms with Crippen LogP contribution in [0.1, 0.15) is 90.9 Å². The maximum absolute atomic E-state index is 13.2. The summed E-state index contributed by atoms with van der Waals surface area (Å²) in [6.45, 7) is 13.9. The highest BCUT2D eigenvalue weighted by Crippen LogP contribution is 2.36. The van der Waals surface area contributed by atoms with E-state index in [-0.39, 0.29) is 35.8 Å². The van der Waals surface area contributed by atoms with Crippen LogP contribution in [0.5, 0.6) is 0 Å². The molecule has 3 aliphatic rings. The Balaban J connectivity index is 0.000000130. The quantitative estimate of drug-likeness (QED) is 0.121. The van der Waals surface area contributed by atoms with Gasteiger partial charge in [-0.2, -0.15) is 54.5 Å². The molecule has 15 heterocycles. The Morgan fingerprint density at radius 2 is 0.646 bits per heavy atom. The van der Waals surface area contributed by atoms with Gasteiger partial charge in [-0.3, -0.25) is 13.2 Å². The van der Waals surface area contributed by atoms with Gasteiger partial charge in [-0.05, 0) is 96.1 Å². The maximum Gasteiger partial charge on any atom is 0.417 e. The van der Waals surface area contributed by atoms with Gasteiger partial charge >= 0.3 is 18.5 Å². The number of fused-ring (bicyclic) bond motifs is 3. The van der Waals surface area contributed by atoms with Crippen LogP contribution in [0.2, 0.25) is 0 Å². The molecule has 12 aromatic heterocycles. The Morgan fingerprint density at radius 1 is 0.365 bits per heavy atom. The van der Waals surface area contributed by atoms with E-state index >= 15 is 0 Å². The summed E-state index contributed by atoms with van der Waals surface area (Å²) in [4.78, 5) is 57.9. The van der Waals surface area contributed by atoms with Gasteiger partial charge in [0.25, 0.3) is 17.7 Å². The lowest BCUT2D eigenvalue weighted by molar-refractivity contribution is -0.138. The molecule has 96 heavy (non-hydrogen) atoms. The number of nitrogens with zero attached hydrogens (tertiary/aromatic N) is 21. The first-order chi connectivity index (χ1) is 45.8. The van der Waals surface area contributed by atoms with Crippen molar-refractivity contribution in [3.63, 3.8) is 0 Å². The van der Waals surface area contributed by atoms with Gasteiger partial charge in [-0.15, -0.1) is 0 Å². The number of morpholine rings is 3. The largest absolute Gasteiger partial charge is 0.417 e. The minimum Gasteiger partial charge on any atom is -0.362 e. The van der Waals surface area contributed by atoms with Crippen LogP contribution >= 0.6 is 0 Å². The number of rotatable bonds is 9. The lowest BCUT2D eigenvalue weighted by atomic mass is 10.2. The highest BCUT2D eigenvalue weighted by atomic mass is 19.4. The van der Waals surface area contributed by atoms with E-state index in [1.807, 2.05) is 35.5 Å². The molecular weight excluding hydrogens is 1280 g/mol. The fraction of sp³-hybridized carbons (Fsp3) is 0.350. The fourth-order valence-electron chi connectivity index (χ4n) is 11.0. The third kappa shape index (κ3) is 13.8. The summed E-state index contributed by atoms with van der Waals surface area (Å²) < 4.78 is 156.